The van der Waals surface area contributed by atoms with Gasteiger partial charge in [0.2, 0.25) is 5.96 Å². The molecule has 3 N–H and O–H groups in total. The highest BCUT2D eigenvalue weighted by molar-refractivity contribution is 5.79. The summed E-state index contributed by atoms with van der Waals surface area (Å²) in [4.78, 5) is 6.71. The number of guanidine groups is 1. The molecule has 0 aromatic heterocycles. The van der Waals surface area contributed by atoms with Gasteiger partial charge < -0.3 is 4.90 Å². The Kier molecular flexibility index (Phi) is 3.97. The highest BCUT2D eigenvalue weighted by Crippen LogP contribution is 2.29. The van der Waals surface area contributed by atoms with E-state index >= 15 is 0 Å². The molecule has 0 aromatic rings. The topological polar surface area (TPSA) is 53.6 Å². The van der Waals surface area contributed by atoms with E-state index in [-0.39, 0.29) is 6.04 Å². The zero-order valence-corrected chi connectivity index (χ0v) is 10.4. The van der Waals surface area contributed by atoms with E-state index in [1.807, 2.05) is 0 Å². The van der Waals surface area contributed by atoms with Gasteiger partial charge in [0.15, 0.2) is 0 Å². The minimum absolute atomic E-state index is 0.283. The van der Waals surface area contributed by atoms with Gasteiger partial charge in [0, 0.05) is 19.1 Å². The second kappa shape index (κ2) is 4.84. The van der Waals surface area contributed by atoms with Crippen molar-refractivity contribution in [1.29, 1.82) is 0 Å². The van der Waals surface area contributed by atoms with Gasteiger partial charge in [0.05, 0.1) is 0 Å². The molecule has 15 heavy (non-hydrogen) atoms. The van der Waals surface area contributed by atoms with Crippen LogP contribution in [0.4, 0.5) is 0 Å². The van der Waals surface area contributed by atoms with Crippen LogP contribution in [0.15, 0.2) is 4.99 Å². The van der Waals surface area contributed by atoms with Crippen LogP contribution in [-0.4, -0.2) is 30.0 Å². The molecule has 0 atom stereocenters. The average molecular weight is 212 g/mol. The molecule has 0 bridgehead atoms. The van der Waals surface area contributed by atoms with Crippen molar-refractivity contribution in [2.75, 3.05) is 13.1 Å². The largest absolute Gasteiger partial charge is 0.342 e. The Bertz CT molecular complexity index is 223. The Hall–Kier alpha value is -0.770. The average Bonchev–Trinajstić information content (AvgIpc) is 2.14. The van der Waals surface area contributed by atoms with E-state index in [1.54, 1.807) is 0 Å². The van der Waals surface area contributed by atoms with Gasteiger partial charge >= 0.3 is 0 Å². The van der Waals surface area contributed by atoms with Crippen LogP contribution in [0, 0.1) is 5.41 Å². The Balaban J connectivity index is 2.58. The van der Waals surface area contributed by atoms with E-state index in [0.717, 1.165) is 19.0 Å². The van der Waals surface area contributed by atoms with Gasteiger partial charge in [-0.3, -0.25) is 5.43 Å². The lowest BCUT2D eigenvalue weighted by Crippen LogP contribution is -2.49. The van der Waals surface area contributed by atoms with E-state index in [2.05, 4.69) is 43.0 Å². The predicted molar refractivity (Wildman–Crippen MR) is 64.5 cm³/mol. The van der Waals surface area contributed by atoms with Crippen LogP contribution in [0.5, 0.6) is 0 Å². The van der Waals surface area contributed by atoms with Gasteiger partial charge in [-0.15, -0.1) is 0 Å². The summed E-state index contributed by atoms with van der Waals surface area (Å²) in [5.41, 5.74) is 3.17. The van der Waals surface area contributed by atoms with E-state index in [1.165, 1.54) is 12.8 Å². The molecule has 1 aliphatic heterocycles. The van der Waals surface area contributed by atoms with E-state index < -0.39 is 0 Å². The number of rotatable bonds is 1. The zero-order chi connectivity index (χ0) is 11.5. The summed E-state index contributed by atoms with van der Waals surface area (Å²) < 4.78 is 0. The molecule has 1 saturated heterocycles. The number of aliphatic imine (C=N–C) groups is 1. The number of nitrogens with zero attached hydrogens (tertiary/aromatic N) is 2. The molecule has 88 valence electrons. The number of hydrogen-bond acceptors (Lipinski definition) is 2. The van der Waals surface area contributed by atoms with Crippen molar-refractivity contribution in [3.63, 3.8) is 0 Å². The Morgan fingerprint density at radius 3 is 2.27 bits per heavy atom. The second-order valence-corrected chi connectivity index (χ2v) is 5.34. The van der Waals surface area contributed by atoms with Crippen LogP contribution < -0.4 is 11.3 Å². The molecule has 0 aromatic carbocycles. The van der Waals surface area contributed by atoms with Crippen molar-refractivity contribution in [2.45, 2.75) is 46.6 Å². The number of hydrogen-bond donors (Lipinski definition) is 2. The van der Waals surface area contributed by atoms with E-state index in [4.69, 9.17) is 5.84 Å². The SMILES string of the molecule is CC(C)N=C(NN)N1CCC(C)(C)CC1. The highest BCUT2D eigenvalue weighted by atomic mass is 15.4. The monoisotopic (exact) mass is 212 g/mol. The fourth-order valence-corrected chi connectivity index (χ4v) is 1.78. The summed E-state index contributed by atoms with van der Waals surface area (Å²) in [6.45, 7) is 10.8. The maximum absolute atomic E-state index is 5.50. The molecule has 0 unspecified atom stereocenters. The van der Waals surface area contributed by atoms with Crippen LogP contribution in [-0.2, 0) is 0 Å². The zero-order valence-electron chi connectivity index (χ0n) is 10.4. The molecule has 0 aliphatic carbocycles. The first kappa shape index (κ1) is 12.3. The Labute approximate surface area is 92.9 Å². The summed E-state index contributed by atoms with van der Waals surface area (Å²) in [6.07, 6.45) is 2.40. The molecule has 0 amide bonds. The van der Waals surface area contributed by atoms with Gasteiger partial charge in [-0.1, -0.05) is 13.8 Å². The number of nitrogens with two attached hydrogens (primary N) is 1. The molecular formula is C11H24N4. The molecule has 1 heterocycles. The maximum atomic E-state index is 5.50. The molecule has 1 rings (SSSR count). The molecule has 4 nitrogen and oxygen atoms in total. The molecule has 4 heteroatoms. The van der Waals surface area contributed by atoms with Crippen LogP contribution in [0.3, 0.4) is 0 Å². The Morgan fingerprint density at radius 2 is 1.87 bits per heavy atom. The number of likely N-dealkylation sites (tertiary alicyclic amines) is 1. The molecular weight excluding hydrogens is 188 g/mol. The van der Waals surface area contributed by atoms with Crippen LogP contribution in [0.2, 0.25) is 0 Å². The molecule has 1 aliphatic rings. The second-order valence-electron chi connectivity index (χ2n) is 5.34. The lowest BCUT2D eigenvalue weighted by molar-refractivity contribution is 0.185. The minimum atomic E-state index is 0.283. The summed E-state index contributed by atoms with van der Waals surface area (Å²) in [7, 11) is 0. The smallest absolute Gasteiger partial charge is 0.208 e. The number of hydrazine groups is 1. The fraction of sp³-hybridized carbons (Fsp3) is 0.909. The highest BCUT2D eigenvalue weighted by Gasteiger charge is 2.26. The van der Waals surface area contributed by atoms with E-state index in [0.29, 0.717) is 5.41 Å². The maximum Gasteiger partial charge on any atom is 0.208 e. The summed E-state index contributed by atoms with van der Waals surface area (Å²) in [5.74, 6) is 6.33. The quantitative estimate of drug-likeness (QED) is 0.298. The first-order valence-electron chi connectivity index (χ1n) is 5.74. The van der Waals surface area contributed by atoms with Crippen molar-refractivity contribution in [3.05, 3.63) is 0 Å². The van der Waals surface area contributed by atoms with E-state index in [9.17, 15) is 0 Å². The first-order chi connectivity index (χ1) is 6.94. The third-order valence-electron chi connectivity index (χ3n) is 2.93. The van der Waals surface area contributed by atoms with Gasteiger partial charge in [0.1, 0.15) is 0 Å². The summed E-state index contributed by atoms with van der Waals surface area (Å²) in [5, 5.41) is 0. The normalized spacial score (nSPS) is 22.0. The van der Waals surface area contributed by atoms with Crippen LogP contribution >= 0.6 is 0 Å². The minimum Gasteiger partial charge on any atom is -0.342 e. The van der Waals surface area contributed by atoms with Crippen LogP contribution in [0.1, 0.15) is 40.5 Å². The molecule has 1 fully saturated rings. The summed E-state index contributed by atoms with van der Waals surface area (Å²) in [6, 6.07) is 0.283. The first-order valence-corrected chi connectivity index (χ1v) is 5.74. The standard InChI is InChI=1S/C11H24N4/c1-9(2)13-10(14-12)15-7-5-11(3,4)6-8-15/h9H,5-8,12H2,1-4H3,(H,13,14). The third-order valence-corrected chi connectivity index (χ3v) is 2.93. The lowest BCUT2D eigenvalue weighted by atomic mass is 9.83. The predicted octanol–water partition coefficient (Wildman–Crippen LogP) is 1.34. The van der Waals surface area contributed by atoms with Crippen molar-refractivity contribution in [3.8, 4) is 0 Å². The van der Waals surface area contributed by atoms with Crippen molar-refractivity contribution in [2.24, 2.45) is 16.3 Å². The fourth-order valence-electron chi connectivity index (χ4n) is 1.78. The number of piperidine rings is 1. The van der Waals surface area contributed by atoms with Gasteiger partial charge in [-0.2, -0.15) is 0 Å². The lowest BCUT2D eigenvalue weighted by Gasteiger charge is -2.38. The molecule has 0 radical (unpaired) electrons. The van der Waals surface area contributed by atoms with Crippen molar-refractivity contribution in [1.82, 2.24) is 10.3 Å². The van der Waals surface area contributed by atoms with Gasteiger partial charge in [0.25, 0.3) is 0 Å². The van der Waals surface area contributed by atoms with Gasteiger partial charge in [-0.05, 0) is 32.1 Å². The molecule has 0 saturated carbocycles. The van der Waals surface area contributed by atoms with Crippen LogP contribution in [0.25, 0.3) is 0 Å². The summed E-state index contributed by atoms with van der Waals surface area (Å²) >= 11 is 0. The van der Waals surface area contributed by atoms with Crippen molar-refractivity contribution >= 4 is 5.96 Å². The third kappa shape index (κ3) is 3.70. The number of nitrogens with one attached hydrogen (secondary N) is 1. The Morgan fingerprint density at radius 1 is 1.33 bits per heavy atom. The van der Waals surface area contributed by atoms with Crippen molar-refractivity contribution < 1.29 is 0 Å². The molecule has 0 spiro atoms. The van der Waals surface area contributed by atoms with Gasteiger partial charge in [-0.25, -0.2) is 10.8 Å².